The molecule has 1 aliphatic rings. The highest BCUT2D eigenvalue weighted by atomic mass is 16.5. The maximum atomic E-state index is 10.3. The van der Waals surface area contributed by atoms with Crippen LogP contribution in [0.2, 0.25) is 0 Å². The Labute approximate surface area is 96.2 Å². The zero-order valence-electron chi connectivity index (χ0n) is 10.0. The third-order valence-electron chi connectivity index (χ3n) is 3.13. The van der Waals surface area contributed by atoms with Crippen LogP contribution in [0.4, 0.5) is 0 Å². The molecule has 90 valence electrons. The first-order chi connectivity index (χ1) is 7.59. The molecule has 0 saturated carbocycles. The summed E-state index contributed by atoms with van der Waals surface area (Å²) in [7, 11) is 0. The Hall–Kier alpha value is -0.870. The zero-order chi connectivity index (χ0) is 11.6. The lowest BCUT2D eigenvalue weighted by atomic mass is 9.89. The van der Waals surface area contributed by atoms with Gasteiger partial charge in [0.1, 0.15) is 0 Å². The van der Waals surface area contributed by atoms with Crippen molar-refractivity contribution in [2.24, 2.45) is 0 Å². The SMILES string of the molecule is CC(C)n1ccc(CC2(O)CCOCC2)n1. The molecule has 0 aromatic carbocycles. The minimum atomic E-state index is -0.617. The zero-order valence-corrected chi connectivity index (χ0v) is 10.0. The number of aliphatic hydroxyl groups is 1. The molecular formula is C12H20N2O2. The standard InChI is InChI=1S/C12H20N2O2/c1-10(2)14-6-3-11(13-14)9-12(15)4-7-16-8-5-12/h3,6,10,15H,4-5,7-9H2,1-2H3. The van der Waals surface area contributed by atoms with E-state index in [2.05, 4.69) is 18.9 Å². The first-order valence-electron chi connectivity index (χ1n) is 5.93. The van der Waals surface area contributed by atoms with Crippen molar-refractivity contribution in [3.05, 3.63) is 18.0 Å². The van der Waals surface area contributed by atoms with Gasteiger partial charge < -0.3 is 9.84 Å². The van der Waals surface area contributed by atoms with Crippen molar-refractivity contribution >= 4 is 0 Å². The number of ether oxygens (including phenoxy) is 1. The van der Waals surface area contributed by atoms with Gasteiger partial charge in [0.05, 0.1) is 11.3 Å². The average molecular weight is 224 g/mol. The predicted octanol–water partition coefficient (Wildman–Crippen LogP) is 1.55. The Balaban J connectivity index is 2.02. The molecule has 16 heavy (non-hydrogen) atoms. The van der Waals surface area contributed by atoms with E-state index in [0.717, 1.165) is 5.69 Å². The largest absolute Gasteiger partial charge is 0.389 e. The average Bonchev–Trinajstić information content (AvgIpc) is 2.66. The van der Waals surface area contributed by atoms with Gasteiger partial charge in [0.15, 0.2) is 0 Å². The summed E-state index contributed by atoms with van der Waals surface area (Å²) in [5, 5.41) is 14.8. The minimum Gasteiger partial charge on any atom is -0.389 e. The summed E-state index contributed by atoms with van der Waals surface area (Å²) in [6, 6.07) is 2.37. The Morgan fingerprint density at radius 3 is 2.75 bits per heavy atom. The van der Waals surface area contributed by atoms with E-state index in [9.17, 15) is 5.11 Å². The first kappa shape index (κ1) is 11.6. The Morgan fingerprint density at radius 2 is 2.19 bits per heavy atom. The first-order valence-corrected chi connectivity index (χ1v) is 5.93. The quantitative estimate of drug-likeness (QED) is 0.847. The molecule has 0 spiro atoms. The fraction of sp³-hybridized carbons (Fsp3) is 0.750. The molecule has 1 saturated heterocycles. The van der Waals surface area contributed by atoms with Crippen LogP contribution in [0.1, 0.15) is 38.4 Å². The van der Waals surface area contributed by atoms with E-state index in [0.29, 0.717) is 38.5 Å². The smallest absolute Gasteiger partial charge is 0.0747 e. The summed E-state index contributed by atoms with van der Waals surface area (Å²) in [5.74, 6) is 0. The van der Waals surface area contributed by atoms with E-state index < -0.39 is 5.60 Å². The highest BCUT2D eigenvalue weighted by molar-refractivity contribution is 5.05. The molecule has 1 aromatic heterocycles. The van der Waals surface area contributed by atoms with E-state index in [-0.39, 0.29) is 0 Å². The van der Waals surface area contributed by atoms with Gasteiger partial charge in [-0.3, -0.25) is 4.68 Å². The Bertz CT molecular complexity index is 341. The van der Waals surface area contributed by atoms with E-state index in [1.54, 1.807) is 0 Å². The summed E-state index contributed by atoms with van der Waals surface area (Å²) in [6.45, 7) is 5.50. The molecule has 2 heterocycles. The van der Waals surface area contributed by atoms with Crippen LogP contribution in [-0.4, -0.2) is 33.7 Å². The van der Waals surface area contributed by atoms with Crippen LogP contribution in [-0.2, 0) is 11.2 Å². The van der Waals surface area contributed by atoms with Crippen LogP contribution in [0, 0.1) is 0 Å². The lowest BCUT2D eigenvalue weighted by Crippen LogP contribution is -2.38. The van der Waals surface area contributed by atoms with Crippen molar-refractivity contribution in [3.63, 3.8) is 0 Å². The number of rotatable bonds is 3. The van der Waals surface area contributed by atoms with Gasteiger partial charge in [0.2, 0.25) is 0 Å². The van der Waals surface area contributed by atoms with E-state index in [1.165, 1.54) is 0 Å². The molecule has 1 fully saturated rings. The molecule has 4 heteroatoms. The lowest BCUT2D eigenvalue weighted by Gasteiger charge is -2.31. The highest BCUT2D eigenvalue weighted by Gasteiger charge is 2.30. The fourth-order valence-corrected chi connectivity index (χ4v) is 2.02. The number of hydrogen-bond donors (Lipinski definition) is 1. The van der Waals surface area contributed by atoms with Crippen LogP contribution in [0.3, 0.4) is 0 Å². The Morgan fingerprint density at radius 1 is 1.50 bits per heavy atom. The highest BCUT2D eigenvalue weighted by Crippen LogP contribution is 2.24. The van der Waals surface area contributed by atoms with Crippen LogP contribution in [0.5, 0.6) is 0 Å². The van der Waals surface area contributed by atoms with Gasteiger partial charge in [-0.05, 0) is 32.8 Å². The van der Waals surface area contributed by atoms with Crippen molar-refractivity contribution in [1.82, 2.24) is 9.78 Å². The van der Waals surface area contributed by atoms with Crippen molar-refractivity contribution in [3.8, 4) is 0 Å². The second kappa shape index (κ2) is 4.55. The van der Waals surface area contributed by atoms with Crippen molar-refractivity contribution in [1.29, 1.82) is 0 Å². The molecule has 0 bridgehead atoms. The lowest BCUT2D eigenvalue weighted by molar-refractivity contribution is -0.0631. The van der Waals surface area contributed by atoms with Crippen LogP contribution in [0.15, 0.2) is 12.3 Å². The van der Waals surface area contributed by atoms with Gasteiger partial charge in [-0.1, -0.05) is 0 Å². The molecule has 4 nitrogen and oxygen atoms in total. The summed E-state index contributed by atoms with van der Waals surface area (Å²) < 4.78 is 7.19. The monoisotopic (exact) mass is 224 g/mol. The summed E-state index contributed by atoms with van der Waals surface area (Å²) >= 11 is 0. The normalized spacial score (nSPS) is 20.2. The van der Waals surface area contributed by atoms with Gasteiger partial charge in [0, 0.05) is 31.9 Å². The van der Waals surface area contributed by atoms with Gasteiger partial charge in [-0.25, -0.2) is 0 Å². The maximum Gasteiger partial charge on any atom is 0.0747 e. The molecular weight excluding hydrogens is 204 g/mol. The van der Waals surface area contributed by atoms with E-state index >= 15 is 0 Å². The molecule has 1 N–H and O–H groups in total. The topological polar surface area (TPSA) is 47.3 Å². The fourth-order valence-electron chi connectivity index (χ4n) is 2.02. The van der Waals surface area contributed by atoms with Crippen molar-refractivity contribution < 1.29 is 9.84 Å². The van der Waals surface area contributed by atoms with Crippen LogP contribution >= 0.6 is 0 Å². The second-order valence-corrected chi connectivity index (χ2v) is 4.89. The molecule has 0 amide bonds. The van der Waals surface area contributed by atoms with E-state index in [1.807, 2.05) is 16.9 Å². The van der Waals surface area contributed by atoms with Crippen molar-refractivity contribution in [2.75, 3.05) is 13.2 Å². The van der Waals surface area contributed by atoms with Gasteiger partial charge in [0.25, 0.3) is 0 Å². The Kier molecular flexibility index (Phi) is 3.30. The third-order valence-corrected chi connectivity index (χ3v) is 3.13. The maximum absolute atomic E-state index is 10.3. The molecule has 2 rings (SSSR count). The molecule has 1 aliphatic heterocycles. The van der Waals surface area contributed by atoms with Gasteiger partial charge in [-0.15, -0.1) is 0 Å². The minimum absolute atomic E-state index is 0.373. The number of aromatic nitrogens is 2. The number of nitrogens with zero attached hydrogens (tertiary/aromatic N) is 2. The third kappa shape index (κ3) is 2.62. The van der Waals surface area contributed by atoms with Crippen LogP contribution < -0.4 is 0 Å². The molecule has 0 aliphatic carbocycles. The second-order valence-electron chi connectivity index (χ2n) is 4.89. The van der Waals surface area contributed by atoms with Crippen LogP contribution in [0.25, 0.3) is 0 Å². The summed E-state index contributed by atoms with van der Waals surface area (Å²) in [5.41, 5.74) is 0.354. The number of hydrogen-bond acceptors (Lipinski definition) is 3. The van der Waals surface area contributed by atoms with Crippen molar-refractivity contribution in [2.45, 2.75) is 44.8 Å². The summed E-state index contributed by atoms with van der Waals surface area (Å²) in [6.07, 6.45) is 4.03. The molecule has 0 atom stereocenters. The molecule has 1 aromatic rings. The molecule has 0 unspecified atom stereocenters. The predicted molar refractivity (Wildman–Crippen MR) is 61.3 cm³/mol. The van der Waals surface area contributed by atoms with E-state index in [4.69, 9.17) is 4.74 Å². The van der Waals surface area contributed by atoms with Gasteiger partial charge in [-0.2, -0.15) is 5.10 Å². The van der Waals surface area contributed by atoms with Gasteiger partial charge >= 0.3 is 0 Å². The molecule has 0 radical (unpaired) electrons. The summed E-state index contributed by atoms with van der Waals surface area (Å²) in [4.78, 5) is 0.